The maximum Gasteiger partial charge on any atom is 0.509 e. The van der Waals surface area contributed by atoms with Crippen LogP contribution in [0.1, 0.15) is 136 Å². The molecule has 0 aromatic rings. The molecule has 1 heterocycles. The Kier molecular flexibility index (Phi) is 28.5. The number of unbranched alkanes of at least 4 members (excludes halogenated alkanes) is 15. The molecule has 0 aliphatic carbocycles. The van der Waals surface area contributed by atoms with Gasteiger partial charge in [-0.25, -0.2) is 9.36 Å². The topological polar surface area (TPSA) is 145 Å². The van der Waals surface area contributed by atoms with Crippen molar-refractivity contribution in [3.63, 3.8) is 0 Å². The van der Waals surface area contributed by atoms with Crippen LogP contribution in [0.2, 0.25) is 0 Å². The van der Waals surface area contributed by atoms with Crippen molar-refractivity contribution in [1.29, 1.82) is 0 Å². The van der Waals surface area contributed by atoms with E-state index in [-0.39, 0.29) is 51.7 Å². The van der Waals surface area contributed by atoms with E-state index in [2.05, 4.69) is 38.9 Å². The van der Waals surface area contributed by atoms with Crippen molar-refractivity contribution in [2.45, 2.75) is 160 Å². The van der Waals surface area contributed by atoms with Crippen LogP contribution < -0.4 is 5.32 Å². The minimum atomic E-state index is -4.29. The van der Waals surface area contributed by atoms with Gasteiger partial charge < -0.3 is 24.3 Å². The molecule has 300 valence electrons. The highest BCUT2D eigenvalue weighted by atomic mass is 31.2. The van der Waals surface area contributed by atoms with Crippen LogP contribution in [0.5, 0.6) is 0 Å². The van der Waals surface area contributed by atoms with Crippen molar-refractivity contribution >= 4 is 25.7 Å². The molecule has 4 atom stereocenters. The number of Topliss-reactive ketones (excluding diaryl/α,β-unsaturated/α-hetero) is 1. The standard InChI is InChI=1S/C39H68NO11P/c1-6-11-13-15-17-19-20-22-24-26-33(41)31-35(42)40-36-37(45-30-25-23-21-18-16-14-12-7-2)34(50-39(43)46-27-8-3)32-47-38(36)51-52(44,48-28-9-4)49-29-10-5/h8-10,34,36-38H,3-7,11-32H2,1-2H3,(H,40,42)/t34-,36-,37+,38-/m1/s1. The van der Waals surface area contributed by atoms with E-state index in [1.165, 1.54) is 76.0 Å². The summed E-state index contributed by atoms with van der Waals surface area (Å²) in [6.45, 7) is 14.7. The van der Waals surface area contributed by atoms with Gasteiger partial charge in [-0.2, -0.15) is 0 Å². The molecule has 1 rings (SSSR count). The number of hydrogen-bond donors (Lipinski definition) is 1. The van der Waals surface area contributed by atoms with Crippen LogP contribution >= 0.6 is 7.82 Å². The number of amides is 1. The van der Waals surface area contributed by atoms with Gasteiger partial charge in [0.25, 0.3) is 0 Å². The zero-order valence-electron chi connectivity index (χ0n) is 32.1. The first-order valence-electron chi connectivity index (χ1n) is 19.5. The van der Waals surface area contributed by atoms with Crippen LogP contribution in [-0.2, 0) is 46.7 Å². The molecular weight excluding hydrogens is 689 g/mol. The number of phosphoric acid groups is 1. The van der Waals surface area contributed by atoms with Gasteiger partial charge in [0.15, 0.2) is 12.4 Å². The molecule has 1 amide bonds. The Labute approximate surface area is 313 Å². The summed E-state index contributed by atoms with van der Waals surface area (Å²) in [6.07, 6.45) is 18.2. The molecule has 1 N–H and O–H groups in total. The minimum absolute atomic E-state index is 0.0758. The predicted molar refractivity (Wildman–Crippen MR) is 203 cm³/mol. The average Bonchev–Trinajstić information content (AvgIpc) is 3.12. The summed E-state index contributed by atoms with van der Waals surface area (Å²) in [5.74, 6) is -0.811. The SMILES string of the molecule is C=CCOC(=O)O[C@@H]1CO[C@H](OP(=O)(OCC=C)OCC=C)[C@H](NC(=O)CC(=O)CCCCCCCCCCC)[C@H]1OCCCCCCCCCC. The van der Waals surface area contributed by atoms with Crippen molar-refractivity contribution in [3.8, 4) is 0 Å². The summed E-state index contributed by atoms with van der Waals surface area (Å²) < 4.78 is 52.9. The van der Waals surface area contributed by atoms with Gasteiger partial charge in [-0.05, 0) is 12.8 Å². The predicted octanol–water partition coefficient (Wildman–Crippen LogP) is 9.47. The summed E-state index contributed by atoms with van der Waals surface area (Å²) in [4.78, 5) is 38.7. The number of ether oxygens (including phenoxy) is 4. The number of phosphoric ester groups is 1. The lowest BCUT2D eigenvalue weighted by molar-refractivity contribution is -0.221. The molecule has 0 aromatic carbocycles. The second-order valence-electron chi connectivity index (χ2n) is 13.1. The molecule has 13 heteroatoms. The lowest BCUT2D eigenvalue weighted by Gasteiger charge is -2.42. The highest BCUT2D eigenvalue weighted by Gasteiger charge is 2.48. The first kappa shape index (κ1) is 47.7. The number of rotatable bonds is 34. The van der Waals surface area contributed by atoms with Crippen LogP contribution in [0.3, 0.4) is 0 Å². The van der Waals surface area contributed by atoms with Gasteiger partial charge in [-0.15, -0.1) is 13.2 Å². The summed E-state index contributed by atoms with van der Waals surface area (Å²) in [5.41, 5.74) is 0. The quantitative estimate of drug-likeness (QED) is 0.0220. The third-order valence-electron chi connectivity index (χ3n) is 8.49. The molecule has 1 aliphatic rings. The fourth-order valence-corrected chi connectivity index (χ4v) is 6.94. The van der Waals surface area contributed by atoms with E-state index in [4.69, 9.17) is 32.5 Å². The molecule has 1 aliphatic heterocycles. The molecule has 1 fully saturated rings. The molecule has 0 saturated carbocycles. The van der Waals surface area contributed by atoms with Gasteiger partial charge in [0.1, 0.15) is 24.5 Å². The van der Waals surface area contributed by atoms with E-state index in [1.807, 2.05) is 0 Å². The minimum Gasteiger partial charge on any atom is -0.430 e. The van der Waals surface area contributed by atoms with Crippen molar-refractivity contribution in [2.75, 3.05) is 33.0 Å². The van der Waals surface area contributed by atoms with Crippen LogP contribution in [-0.4, -0.2) is 75.4 Å². The van der Waals surface area contributed by atoms with Gasteiger partial charge in [-0.1, -0.05) is 135 Å². The molecule has 52 heavy (non-hydrogen) atoms. The molecule has 0 unspecified atom stereocenters. The van der Waals surface area contributed by atoms with Crippen molar-refractivity contribution in [2.24, 2.45) is 0 Å². The zero-order chi connectivity index (χ0) is 38.3. The molecule has 1 saturated heterocycles. The first-order valence-corrected chi connectivity index (χ1v) is 21.0. The third kappa shape index (κ3) is 22.7. The lowest BCUT2D eigenvalue weighted by Crippen LogP contribution is -2.62. The van der Waals surface area contributed by atoms with E-state index in [0.717, 1.165) is 38.5 Å². The highest BCUT2D eigenvalue weighted by molar-refractivity contribution is 7.48. The van der Waals surface area contributed by atoms with Crippen molar-refractivity contribution in [3.05, 3.63) is 38.0 Å². The van der Waals surface area contributed by atoms with E-state index in [9.17, 15) is 18.9 Å². The van der Waals surface area contributed by atoms with Crippen molar-refractivity contribution < 1.29 is 51.5 Å². The largest absolute Gasteiger partial charge is 0.509 e. The fourth-order valence-electron chi connectivity index (χ4n) is 5.72. The van der Waals surface area contributed by atoms with E-state index in [0.29, 0.717) is 12.8 Å². The van der Waals surface area contributed by atoms with Gasteiger partial charge in [0.2, 0.25) is 5.91 Å². The first-order chi connectivity index (χ1) is 25.2. The number of carbonyl (C=O) groups excluding carboxylic acids is 3. The Bertz CT molecular complexity index is 1040. The summed E-state index contributed by atoms with van der Waals surface area (Å²) in [7, 11) is -4.29. The zero-order valence-corrected chi connectivity index (χ0v) is 33.0. The van der Waals surface area contributed by atoms with Crippen molar-refractivity contribution in [1.82, 2.24) is 5.32 Å². The maximum atomic E-state index is 13.6. The Morgan fingerprint density at radius 1 is 0.750 bits per heavy atom. The molecule has 0 bridgehead atoms. The second kappa shape index (κ2) is 31.1. The monoisotopic (exact) mass is 757 g/mol. The Morgan fingerprint density at radius 3 is 1.81 bits per heavy atom. The molecule has 12 nitrogen and oxygen atoms in total. The van der Waals surface area contributed by atoms with Crippen LogP contribution in [0.4, 0.5) is 4.79 Å². The van der Waals surface area contributed by atoms with Gasteiger partial charge in [-0.3, -0.25) is 23.2 Å². The molecule has 0 spiro atoms. The Hall–Kier alpha value is -2.34. The van der Waals surface area contributed by atoms with Gasteiger partial charge >= 0.3 is 14.0 Å². The molecule has 0 radical (unpaired) electrons. The second-order valence-corrected chi connectivity index (χ2v) is 14.7. The number of carbonyl (C=O) groups is 3. The molecule has 0 aromatic heterocycles. The van der Waals surface area contributed by atoms with Gasteiger partial charge in [0, 0.05) is 13.0 Å². The third-order valence-corrected chi connectivity index (χ3v) is 9.89. The summed E-state index contributed by atoms with van der Waals surface area (Å²) in [6, 6.07) is -1.18. The smallest absolute Gasteiger partial charge is 0.430 e. The summed E-state index contributed by atoms with van der Waals surface area (Å²) in [5, 5.41) is 2.79. The van der Waals surface area contributed by atoms with Crippen LogP contribution in [0.15, 0.2) is 38.0 Å². The number of ketones is 1. The Balaban J connectivity index is 3.07. The Morgan fingerprint density at radius 2 is 1.27 bits per heavy atom. The maximum absolute atomic E-state index is 13.6. The lowest BCUT2D eigenvalue weighted by atomic mass is 10.0. The summed E-state index contributed by atoms with van der Waals surface area (Å²) >= 11 is 0. The number of hydrogen-bond acceptors (Lipinski definition) is 11. The fraction of sp³-hybridized carbons (Fsp3) is 0.769. The van der Waals surface area contributed by atoms with Gasteiger partial charge in [0.05, 0.1) is 26.2 Å². The van der Waals surface area contributed by atoms with Crippen LogP contribution in [0.25, 0.3) is 0 Å². The average molecular weight is 758 g/mol. The van der Waals surface area contributed by atoms with E-state index >= 15 is 0 Å². The normalized spacial score (nSPS) is 18.7. The van der Waals surface area contributed by atoms with E-state index < -0.39 is 44.4 Å². The van der Waals surface area contributed by atoms with E-state index in [1.54, 1.807) is 0 Å². The van der Waals surface area contributed by atoms with Crippen LogP contribution in [0, 0.1) is 0 Å². The highest BCUT2D eigenvalue weighted by Crippen LogP contribution is 2.51. The molecular formula is C39H68NO11P. The number of nitrogens with one attached hydrogen (secondary N) is 1.